The molecule has 0 aliphatic heterocycles. The van der Waals surface area contributed by atoms with E-state index in [0.717, 1.165) is 6.42 Å². The van der Waals surface area contributed by atoms with Gasteiger partial charge in [0.25, 0.3) is 0 Å². The summed E-state index contributed by atoms with van der Waals surface area (Å²) in [6, 6.07) is 2.11. The fourth-order valence-electron chi connectivity index (χ4n) is 0.775. The van der Waals surface area contributed by atoms with Crippen molar-refractivity contribution >= 4 is 16.8 Å². The van der Waals surface area contributed by atoms with Crippen molar-refractivity contribution in [3.63, 3.8) is 0 Å². The van der Waals surface area contributed by atoms with Gasteiger partial charge < -0.3 is 0 Å². The third-order valence-corrected chi connectivity index (χ3v) is 1.61. The number of hydrogen-bond acceptors (Lipinski definition) is 2. The van der Waals surface area contributed by atoms with Crippen molar-refractivity contribution in [3.8, 4) is 6.07 Å². The first kappa shape index (κ1) is 7.30. The van der Waals surface area contributed by atoms with E-state index in [4.69, 9.17) is 16.9 Å². The lowest BCUT2D eigenvalue weighted by atomic mass is 10.3. The van der Waals surface area contributed by atoms with Crippen molar-refractivity contribution in [3.05, 3.63) is 12.2 Å². The Morgan fingerprint density at radius 2 is 2.50 bits per heavy atom. The molecule has 0 aromatic heterocycles. The molecular formula is C7H6ClNO. The third kappa shape index (κ3) is 1.85. The van der Waals surface area contributed by atoms with Crippen molar-refractivity contribution in [2.75, 3.05) is 0 Å². The Bertz CT molecular complexity index is 216. The molecule has 1 saturated carbocycles. The van der Waals surface area contributed by atoms with Crippen LogP contribution >= 0.6 is 11.6 Å². The maximum absolute atomic E-state index is 10.2. The van der Waals surface area contributed by atoms with E-state index in [0.29, 0.717) is 0 Å². The topological polar surface area (TPSA) is 40.9 Å². The average Bonchev–Trinajstić information content (AvgIpc) is 2.61. The Morgan fingerprint density at radius 1 is 1.80 bits per heavy atom. The second kappa shape index (κ2) is 2.85. The van der Waals surface area contributed by atoms with Crippen LogP contribution in [0.4, 0.5) is 0 Å². The lowest BCUT2D eigenvalue weighted by Crippen LogP contribution is -1.77. The van der Waals surface area contributed by atoms with Gasteiger partial charge in [0.1, 0.15) is 0 Å². The number of allylic oxidation sites excluding steroid dienone is 2. The van der Waals surface area contributed by atoms with Crippen LogP contribution in [-0.4, -0.2) is 5.24 Å². The van der Waals surface area contributed by atoms with Crippen LogP contribution in [0.5, 0.6) is 0 Å². The Labute approximate surface area is 64.1 Å². The molecule has 1 aliphatic carbocycles. The predicted octanol–water partition coefficient (Wildman–Crippen LogP) is 1.47. The van der Waals surface area contributed by atoms with Crippen LogP contribution in [-0.2, 0) is 4.79 Å². The van der Waals surface area contributed by atoms with E-state index in [1.165, 1.54) is 6.08 Å². The minimum absolute atomic E-state index is 0.118. The summed E-state index contributed by atoms with van der Waals surface area (Å²) in [5, 5.41) is 7.87. The molecule has 0 radical (unpaired) electrons. The van der Waals surface area contributed by atoms with Gasteiger partial charge in [0.15, 0.2) is 0 Å². The van der Waals surface area contributed by atoms with Gasteiger partial charge in [-0.05, 0) is 30.0 Å². The fourth-order valence-corrected chi connectivity index (χ4v) is 0.848. The second-order valence-electron chi connectivity index (χ2n) is 2.30. The normalized spacial score (nSPS) is 30.0. The SMILES string of the molecule is N#CC1CC1/C=C/C(=O)Cl. The van der Waals surface area contributed by atoms with E-state index in [2.05, 4.69) is 6.07 Å². The Kier molecular flexibility index (Phi) is 2.08. The monoisotopic (exact) mass is 155 g/mol. The number of carbonyl (C=O) groups excluding carboxylic acids is 1. The first-order valence-corrected chi connectivity index (χ1v) is 3.39. The molecule has 1 rings (SSSR count). The van der Waals surface area contributed by atoms with Crippen molar-refractivity contribution < 1.29 is 4.79 Å². The van der Waals surface area contributed by atoms with Crippen LogP contribution < -0.4 is 0 Å². The number of hydrogen-bond donors (Lipinski definition) is 0. The van der Waals surface area contributed by atoms with Crippen LogP contribution in [0, 0.1) is 23.2 Å². The molecule has 0 heterocycles. The highest BCUT2D eigenvalue weighted by atomic mass is 35.5. The number of rotatable bonds is 2. The van der Waals surface area contributed by atoms with Crippen molar-refractivity contribution in [2.45, 2.75) is 6.42 Å². The summed E-state index contributed by atoms with van der Waals surface area (Å²) in [5.74, 6) is 0.389. The predicted molar refractivity (Wildman–Crippen MR) is 37.2 cm³/mol. The Balaban J connectivity index is 2.31. The molecule has 52 valence electrons. The first-order valence-electron chi connectivity index (χ1n) is 3.01. The molecule has 0 saturated heterocycles. The van der Waals surface area contributed by atoms with Crippen LogP contribution in [0.3, 0.4) is 0 Å². The molecule has 0 spiro atoms. The van der Waals surface area contributed by atoms with Gasteiger partial charge in [-0.1, -0.05) is 6.08 Å². The van der Waals surface area contributed by atoms with Crippen molar-refractivity contribution in [1.82, 2.24) is 0 Å². The number of carbonyl (C=O) groups is 1. The minimum Gasteiger partial charge on any atom is -0.276 e. The van der Waals surface area contributed by atoms with E-state index >= 15 is 0 Å². The molecule has 1 fully saturated rings. The van der Waals surface area contributed by atoms with Gasteiger partial charge in [-0.2, -0.15) is 5.26 Å². The summed E-state index contributed by atoms with van der Waals surface area (Å²) in [5.41, 5.74) is 0. The number of halogens is 1. The van der Waals surface area contributed by atoms with E-state index in [-0.39, 0.29) is 11.8 Å². The molecule has 0 bridgehead atoms. The second-order valence-corrected chi connectivity index (χ2v) is 2.67. The zero-order valence-corrected chi connectivity index (χ0v) is 6.01. The van der Waals surface area contributed by atoms with E-state index in [9.17, 15) is 4.79 Å². The molecular weight excluding hydrogens is 150 g/mol. The zero-order valence-electron chi connectivity index (χ0n) is 5.25. The molecule has 2 nitrogen and oxygen atoms in total. The maximum atomic E-state index is 10.2. The van der Waals surface area contributed by atoms with Crippen LogP contribution in [0.1, 0.15) is 6.42 Å². The third-order valence-electron chi connectivity index (χ3n) is 1.48. The zero-order chi connectivity index (χ0) is 7.56. The molecule has 0 amide bonds. The van der Waals surface area contributed by atoms with Gasteiger partial charge in [0.05, 0.1) is 12.0 Å². The van der Waals surface area contributed by atoms with Crippen molar-refractivity contribution in [1.29, 1.82) is 5.26 Å². The molecule has 3 heteroatoms. The van der Waals surface area contributed by atoms with Gasteiger partial charge in [0.2, 0.25) is 5.24 Å². The molecule has 2 unspecified atom stereocenters. The standard InChI is InChI=1S/C7H6ClNO/c8-7(10)2-1-5-3-6(5)4-9/h1-2,5-6H,3H2/b2-1+. The highest BCUT2D eigenvalue weighted by Crippen LogP contribution is 2.38. The molecule has 1 aliphatic rings. The molecule has 2 atom stereocenters. The van der Waals surface area contributed by atoms with Gasteiger partial charge in [-0.25, -0.2) is 0 Å². The number of nitriles is 1. The minimum atomic E-state index is -0.469. The van der Waals surface area contributed by atoms with E-state index < -0.39 is 5.24 Å². The highest BCUT2D eigenvalue weighted by Gasteiger charge is 2.34. The Morgan fingerprint density at radius 3 is 2.90 bits per heavy atom. The molecule has 0 aromatic rings. The van der Waals surface area contributed by atoms with Crippen LogP contribution in [0.25, 0.3) is 0 Å². The lowest BCUT2D eigenvalue weighted by Gasteiger charge is -1.77. The van der Waals surface area contributed by atoms with Crippen molar-refractivity contribution in [2.24, 2.45) is 11.8 Å². The average molecular weight is 156 g/mol. The molecule has 0 N–H and O–H groups in total. The van der Waals surface area contributed by atoms with Gasteiger partial charge in [-0.3, -0.25) is 4.79 Å². The highest BCUT2D eigenvalue weighted by molar-refractivity contribution is 6.66. The summed E-state index contributed by atoms with van der Waals surface area (Å²) >= 11 is 5.03. The fraction of sp³-hybridized carbons (Fsp3) is 0.429. The summed E-state index contributed by atoms with van der Waals surface area (Å²) in [4.78, 5) is 10.2. The number of nitrogens with zero attached hydrogens (tertiary/aromatic N) is 1. The molecule has 10 heavy (non-hydrogen) atoms. The maximum Gasteiger partial charge on any atom is 0.244 e. The van der Waals surface area contributed by atoms with Crippen LogP contribution in [0.2, 0.25) is 0 Å². The molecule has 0 aromatic carbocycles. The summed E-state index contributed by atoms with van der Waals surface area (Å²) in [6.45, 7) is 0. The van der Waals surface area contributed by atoms with Gasteiger partial charge in [-0.15, -0.1) is 0 Å². The quantitative estimate of drug-likeness (QED) is 0.448. The summed E-state index contributed by atoms with van der Waals surface area (Å²) in [6.07, 6.45) is 3.88. The van der Waals surface area contributed by atoms with E-state index in [1.54, 1.807) is 6.08 Å². The Hall–Kier alpha value is -0.810. The van der Waals surface area contributed by atoms with Gasteiger partial charge in [0, 0.05) is 0 Å². The van der Waals surface area contributed by atoms with E-state index in [1.807, 2.05) is 0 Å². The first-order chi connectivity index (χ1) is 4.74. The lowest BCUT2D eigenvalue weighted by molar-refractivity contribution is -0.107. The summed E-state index contributed by atoms with van der Waals surface area (Å²) in [7, 11) is 0. The smallest absolute Gasteiger partial charge is 0.244 e. The van der Waals surface area contributed by atoms with Crippen LogP contribution in [0.15, 0.2) is 12.2 Å². The summed E-state index contributed by atoms with van der Waals surface area (Å²) < 4.78 is 0. The largest absolute Gasteiger partial charge is 0.276 e. The van der Waals surface area contributed by atoms with Gasteiger partial charge >= 0.3 is 0 Å².